The Balaban J connectivity index is 1.28. The molecule has 220 valence electrons. The molecule has 1 saturated carbocycles. The minimum Gasteiger partial charge on any atom is -0.337 e. The lowest BCUT2D eigenvalue weighted by molar-refractivity contribution is -0.137. The first-order valence-corrected chi connectivity index (χ1v) is 15.7. The molecule has 1 aliphatic heterocycles. The highest BCUT2D eigenvalue weighted by molar-refractivity contribution is 5.81. The molecule has 0 bridgehead atoms. The summed E-state index contributed by atoms with van der Waals surface area (Å²) in [5.41, 5.74) is 4.11. The van der Waals surface area contributed by atoms with Crippen molar-refractivity contribution >= 4 is 16.8 Å². The lowest BCUT2D eigenvalue weighted by Crippen LogP contribution is -2.43. The number of aryl methyl sites for hydroxylation is 1. The van der Waals surface area contributed by atoms with Crippen molar-refractivity contribution in [2.24, 2.45) is 18.9 Å². The van der Waals surface area contributed by atoms with Crippen molar-refractivity contribution in [3.05, 3.63) is 100 Å². The zero-order valence-corrected chi connectivity index (χ0v) is 24.8. The second-order valence-electron chi connectivity index (χ2n) is 12.4. The van der Waals surface area contributed by atoms with Crippen molar-refractivity contribution in [2.75, 3.05) is 19.6 Å². The lowest BCUT2D eigenvalue weighted by Gasteiger charge is -2.39. The number of amides is 1. The molecular weight excluding hydrogens is 522 g/mol. The predicted octanol–water partition coefficient (Wildman–Crippen LogP) is 5.87. The zero-order valence-electron chi connectivity index (χ0n) is 24.8. The summed E-state index contributed by atoms with van der Waals surface area (Å²) in [5, 5.41) is 8.07. The van der Waals surface area contributed by atoms with E-state index in [1.165, 1.54) is 17.5 Å². The number of piperidine rings is 1. The molecule has 7 heteroatoms. The van der Waals surface area contributed by atoms with Gasteiger partial charge in [-0.3, -0.25) is 19.6 Å². The molecule has 1 aliphatic carbocycles. The summed E-state index contributed by atoms with van der Waals surface area (Å²) in [7, 11) is 1.84. The first-order chi connectivity index (χ1) is 20.6. The van der Waals surface area contributed by atoms with Gasteiger partial charge in [0.05, 0.1) is 18.3 Å². The van der Waals surface area contributed by atoms with E-state index in [4.69, 9.17) is 0 Å². The van der Waals surface area contributed by atoms with Crippen LogP contribution >= 0.6 is 0 Å². The zero-order chi connectivity index (χ0) is 28.9. The highest BCUT2D eigenvalue weighted by Crippen LogP contribution is 2.35. The van der Waals surface area contributed by atoms with Crippen molar-refractivity contribution in [3.8, 4) is 0 Å². The molecule has 2 fully saturated rings. The minimum atomic E-state index is -0.0149. The number of para-hydroxylation sites is 1. The molecule has 2 aromatic carbocycles. The fraction of sp³-hybridized carbons (Fsp3) is 0.457. The van der Waals surface area contributed by atoms with Crippen LogP contribution in [0, 0.1) is 11.8 Å². The Morgan fingerprint density at radius 3 is 2.48 bits per heavy atom. The van der Waals surface area contributed by atoms with E-state index in [0.29, 0.717) is 24.6 Å². The van der Waals surface area contributed by atoms with Crippen molar-refractivity contribution in [3.63, 3.8) is 0 Å². The van der Waals surface area contributed by atoms with Gasteiger partial charge in [0.15, 0.2) is 0 Å². The third-order valence-corrected chi connectivity index (χ3v) is 9.64. The highest BCUT2D eigenvalue weighted by Gasteiger charge is 2.33. The maximum absolute atomic E-state index is 14.2. The third-order valence-electron chi connectivity index (χ3n) is 9.64. The molecule has 2 aromatic heterocycles. The third kappa shape index (κ3) is 6.36. The monoisotopic (exact) mass is 565 g/mol. The molecule has 1 unspecified atom stereocenters. The van der Waals surface area contributed by atoms with Gasteiger partial charge in [0, 0.05) is 49.3 Å². The number of pyridine rings is 1. The van der Waals surface area contributed by atoms with Gasteiger partial charge in [0.1, 0.15) is 0 Å². The summed E-state index contributed by atoms with van der Waals surface area (Å²) in [6, 6.07) is 20.7. The van der Waals surface area contributed by atoms with Crippen LogP contribution in [0.1, 0.15) is 67.6 Å². The molecule has 0 radical (unpaired) electrons. The van der Waals surface area contributed by atoms with E-state index in [2.05, 4.69) is 56.4 Å². The van der Waals surface area contributed by atoms with E-state index >= 15 is 0 Å². The second kappa shape index (κ2) is 13.1. The molecular formula is C35H43N5O2. The van der Waals surface area contributed by atoms with Crippen LogP contribution < -0.4 is 5.56 Å². The molecule has 42 heavy (non-hydrogen) atoms. The predicted molar refractivity (Wildman–Crippen MR) is 167 cm³/mol. The lowest BCUT2D eigenvalue weighted by atomic mass is 9.79. The van der Waals surface area contributed by atoms with E-state index in [1.807, 2.05) is 43.7 Å². The Morgan fingerprint density at radius 2 is 1.74 bits per heavy atom. The average Bonchev–Trinajstić information content (AvgIpc) is 3.56. The summed E-state index contributed by atoms with van der Waals surface area (Å²) in [4.78, 5) is 32.4. The van der Waals surface area contributed by atoms with Gasteiger partial charge in [0.25, 0.3) is 5.56 Å². The smallest absolute Gasteiger partial charge is 0.255 e. The SMILES string of the molecule is Cn1c(=O)c(CN(CC(c2ccccc2)C2CCN(Cc3cn[nH]c3)CC2)C(=O)C2CCCCC2)cc2ccccc21. The van der Waals surface area contributed by atoms with Crippen LogP contribution in [-0.2, 0) is 24.9 Å². The summed E-state index contributed by atoms with van der Waals surface area (Å²) in [6.45, 7) is 3.97. The molecule has 4 aromatic rings. The van der Waals surface area contributed by atoms with Crippen molar-refractivity contribution in [1.82, 2.24) is 24.6 Å². The number of benzene rings is 2. The summed E-state index contributed by atoms with van der Waals surface area (Å²) in [5.74, 6) is 0.966. The van der Waals surface area contributed by atoms with Gasteiger partial charge in [0.2, 0.25) is 5.91 Å². The van der Waals surface area contributed by atoms with E-state index in [1.54, 1.807) is 4.57 Å². The molecule has 0 spiro atoms. The standard InChI is InChI=1S/C35H43N5O2/c1-38-33-15-9-8-14-30(33)20-31(34(38)41)24-40(35(42)29-12-6-3-7-13-29)25-32(27-10-4-2-5-11-27)28-16-18-39(19-17-28)23-26-21-36-37-22-26/h2,4-5,8-11,14-15,20-22,28-29,32H,3,6-7,12-13,16-19,23-25H2,1H3,(H,36,37). The van der Waals surface area contributed by atoms with Crippen LogP contribution in [0.4, 0.5) is 0 Å². The largest absolute Gasteiger partial charge is 0.337 e. The maximum Gasteiger partial charge on any atom is 0.255 e. The van der Waals surface area contributed by atoms with Gasteiger partial charge >= 0.3 is 0 Å². The molecule has 1 saturated heterocycles. The number of rotatable bonds is 9. The van der Waals surface area contributed by atoms with Gasteiger partial charge in [-0.1, -0.05) is 67.8 Å². The highest BCUT2D eigenvalue weighted by atomic mass is 16.2. The number of carbonyl (C=O) groups is 1. The number of fused-ring (bicyclic) bond motifs is 1. The number of H-pyrrole nitrogens is 1. The summed E-state index contributed by atoms with van der Waals surface area (Å²) < 4.78 is 1.73. The van der Waals surface area contributed by atoms with Crippen molar-refractivity contribution in [2.45, 2.75) is 64.0 Å². The molecule has 3 heterocycles. The Bertz CT molecular complexity index is 1520. The number of aromatic nitrogens is 3. The first kappa shape index (κ1) is 28.4. The molecule has 2 aliphatic rings. The Morgan fingerprint density at radius 1 is 1.00 bits per heavy atom. The van der Waals surface area contributed by atoms with Crippen LogP contribution in [-0.4, -0.2) is 50.1 Å². The van der Waals surface area contributed by atoms with E-state index in [-0.39, 0.29) is 23.3 Å². The molecule has 1 N–H and O–H groups in total. The molecule has 1 amide bonds. The van der Waals surface area contributed by atoms with Crippen LogP contribution in [0.3, 0.4) is 0 Å². The Hall–Kier alpha value is -3.71. The Labute approximate surface area is 248 Å². The number of carbonyl (C=O) groups excluding carboxylic acids is 1. The summed E-state index contributed by atoms with van der Waals surface area (Å²) in [6.07, 6.45) is 11.4. The van der Waals surface area contributed by atoms with Gasteiger partial charge in [-0.05, 0) is 67.8 Å². The normalized spacial score (nSPS) is 17.8. The van der Waals surface area contributed by atoms with Crippen LogP contribution in [0.25, 0.3) is 10.9 Å². The van der Waals surface area contributed by atoms with Crippen molar-refractivity contribution < 1.29 is 4.79 Å². The summed E-state index contributed by atoms with van der Waals surface area (Å²) >= 11 is 0. The van der Waals surface area contributed by atoms with E-state index in [0.717, 1.165) is 69.1 Å². The minimum absolute atomic E-state index is 0.0149. The number of hydrogen-bond donors (Lipinski definition) is 1. The first-order valence-electron chi connectivity index (χ1n) is 15.7. The van der Waals surface area contributed by atoms with E-state index < -0.39 is 0 Å². The Kier molecular flexibility index (Phi) is 8.84. The van der Waals surface area contributed by atoms with Crippen LogP contribution in [0.5, 0.6) is 0 Å². The average molecular weight is 566 g/mol. The van der Waals surface area contributed by atoms with Crippen LogP contribution in [0.2, 0.25) is 0 Å². The quantitative estimate of drug-likeness (QED) is 0.276. The van der Waals surface area contributed by atoms with Gasteiger partial charge in [-0.25, -0.2) is 0 Å². The number of hydrogen-bond acceptors (Lipinski definition) is 4. The number of nitrogens with one attached hydrogen (secondary N) is 1. The number of nitrogens with zero attached hydrogens (tertiary/aromatic N) is 4. The molecule has 6 rings (SSSR count). The fourth-order valence-electron chi connectivity index (χ4n) is 7.25. The van der Waals surface area contributed by atoms with Gasteiger partial charge < -0.3 is 9.47 Å². The van der Waals surface area contributed by atoms with E-state index in [9.17, 15) is 9.59 Å². The fourth-order valence-corrected chi connectivity index (χ4v) is 7.25. The van der Waals surface area contributed by atoms with Crippen LogP contribution in [0.15, 0.2) is 77.9 Å². The number of aromatic amines is 1. The second-order valence-corrected chi connectivity index (χ2v) is 12.4. The maximum atomic E-state index is 14.2. The van der Waals surface area contributed by atoms with Crippen molar-refractivity contribution in [1.29, 1.82) is 0 Å². The van der Waals surface area contributed by atoms with Gasteiger partial charge in [-0.15, -0.1) is 0 Å². The topological polar surface area (TPSA) is 74.2 Å². The van der Waals surface area contributed by atoms with Gasteiger partial charge in [-0.2, -0.15) is 5.10 Å². The number of likely N-dealkylation sites (tertiary alicyclic amines) is 1. The molecule has 1 atom stereocenters. The molecule has 7 nitrogen and oxygen atoms in total.